The molecule has 4 heteroatoms. The van der Waals surface area contributed by atoms with Gasteiger partial charge in [-0.15, -0.1) is 0 Å². The number of para-hydroxylation sites is 1. The van der Waals surface area contributed by atoms with Gasteiger partial charge in [0.25, 0.3) is 0 Å². The van der Waals surface area contributed by atoms with Crippen LogP contribution < -0.4 is 0 Å². The van der Waals surface area contributed by atoms with E-state index in [4.69, 9.17) is 15.0 Å². The number of rotatable bonds is 6. The van der Waals surface area contributed by atoms with E-state index in [9.17, 15) is 0 Å². The highest BCUT2D eigenvalue weighted by Gasteiger charge is 2.14. The average molecular weight is 539 g/mol. The molecular formula is C38H26N4. The number of benzene rings is 5. The third-order valence-corrected chi connectivity index (χ3v) is 7.51. The summed E-state index contributed by atoms with van der Waals surface area (Å²) in [4.78, 5) is 19.5. The Bertz CT molecular complexity index is 2120. The molecule has 0 fully saturated rings. The van der Waals surface area contributed by atoms with E-state index in [1.165, 1.54) is 5.39 Å². The lowest BCUT2D eigenvalue weighted by atomic mass is 10.0. The summed E-state index contributed by atoms with van der Waals surface area (Å²) in [5.74, 6) is 1.83. The van der Waals surface area contributed by atoms with E-state index in [1.807, 2.05) is 54.7 Å². The number of aromatic nitrogens is 4. The minimum absolute atomic E-state index is 0.601. The lowest BCUT2D eigenvalue weighted by molar-refractivity contribution is 1.07. The topological polar surface area (TPSA) is 51.6 Å². The van der Waals surface area contributed by atoms with Crippen molar-refractivity contribution in [2.24, 2.45) is 0 Å². The SMILES string of the molecule is C=Cc1ccc(-c2nc(-c3ccc(-c4cccc5cccnc45)cc3)nc(-c3ccc4ccccc4c3)n2)cc1C=C. The second-order valence-electron chi connectivity index (χ2n) is 10.1. The van der Waals surface area contributed by atoms with Crippen molar-refractivity contribution >= 4 is 33.8 Å². The maximum Gasteiger partial charge on any atom is 0.164 e. The Morgan fingerprint density at radius 3 is 1.81 bits per heavy atom. The molecule has 5 aromatic carbocycles. The van der Waals surface area contributed by atoms with Crippen LogP contribution in [0, 0.1) is 0 Å². The molecule has 0 spiro atoms. The molecule has 2 heterocycles. The summed E-state index contributed by atoms with van der Waals surface area (Å²) >= 11 is 0. The number of pyridine rings is 1. The Morgan fingerprint density at radius 1 is 0.452 bits per heavy atom. The van der Waals surface area contributed by atoms with E-state index < -0.39 is 0 Å². The summed E-state index contributed by atoms with van der Waals surface area (Å²) in [6.45, 7) is 7.91. The summed E-state index contributed by atoms with van der Waals surface area (Å²) in [6.07, 6.45) is 5.49. The standard InChI is InChI=1S/C38H26N4/c1-3-25-14-20-32(23-26(25)4-2)37-40-36(41-38(42-37)33-21-15-27-9-5-6-10-31(27)24-33)30-18-16-28(17-19-30)34-13-7-11-29-12-8-22-39-35(29)34/h3-24H,1-2H2. The molecule has 0 aliphatic heterocycles. The molecule has 0 N–H and O–H groups in total. The van der Waals surface area contributed by atoms with Gasteiger partial charge in [-0.1, -0.05) is 122 Å². The summed E-state index contributed by atoms with van der Waals surface area (Å²) in [5.41, 5.74) is 7.87. The normalized spacial score (nSPS) is 11.0. The molecule has 0 bridgehead atoms. The van der Waals surface area contributed by atoms with Gasteiger partial charge in [-0.3, -0.25) is 4.98 Å². The molecule has 0 amide bonds. The molecule has 0 aliphatic carbocycles. The van der Waals surface area contributed by atoms with Crippen LogP contribution in [-0.4, -0.2) is 19.9 Å². The number of fused-ring (bicyclic) bond motifs is 2. The lowest BCUT2D eigenvalue weighted by Crippen LogP contribution is -2.00. The van der Waals surface area contributed by atoms with E-state index in [0.717, 1.165) is 55.2 Å². The van der Waals surface area contributed by atoms with Crippen LogP contribution in [0.15, 0.2) is 135 Å². The zero-order valence-electron chi connectivity index (χ0n) is 22.9. The third-order valence-electron chi connectivity index (χ3n) is 7.51. The molecule has 0 radical (unpaired) electrons. The zero-order valence-corrected chi connectivity index (χ0v) is 22.9. The van der Waals surface area contributed by atoms with Crippen LogP contribution in [0.2, 0.25) is 0 Å². The summed E-state index contributed by atoms with van der Waals surface area (Å²) in [5, 5.41) is 3.42. The lowest BCUT2D eigenvalue weighted by Gasteiger charge is -2.11. The molecule has 0 unspecified atom stereocenters. The van der Waals surface area contributed by atoms with Gasteiger partial charge in [-0.25, -0.2) is 15.0 Å². The van der Waals surface area contributed by atoms with Crippen LogP contribution >= 0.6 is 0 Å². The predicted octanol–water partition coefficient (Wildman–Crippen LogP) is 9.53. The molecule has 0 saturated heterocycles. The van der Waals surface area contributed by atoms with E-state index in [-0.39, 0.29) is 0 Å². The van der Waals surface area contributed by atoms with Crippen molar-refractivity contribution in [2.45, 2.75) is 0 Å². The van der Waals surface area contributed by atoms with Gasteiger partial charge in [0, 0.05) is 33.8 Å². The first-order chi connectivity index (χ1) is 20.7. The minimum atomic E-state index is 0.601. The fourth-order valence-corrected chi connectivity index (χ4v) is 5.30. The van der Waals surface area contributed by atoms with Crippen molar-refractivity contribution in [3.8, 4) is 45.3 Å². The Labute approximate surface area is 244 Å². The highest BCUT2D eigenvalue weighted by atomic mass is 15.0. The van der Waals surface area contributed by atoms with Gasteiger partial charge in [0.15, 0.2) is 17.5 Å². The molecule has 7 aromatic rings. The van der Waals surface area contributed by atoms with E-state index in [1.54, 1.807) is 0 Å². The summed E-state index contributed by atoms with van der Waals surface area (Å²) in [7, 11) is 0. The maximum atomic E-state index is 4.96. The van der Waals surface area contributed by atoms with Crippen LogP contribution in [0.1, 0.15) is 11.1 Å². The fraction of sp³-hybridized carbons (Fsp3) is 0. The van der Waals surface area contributed by atoms with E-state index in [2.05, 4.69) is 97.0 Å². The van der Waals surface area contributed by atoms with Crippen molar-refractivity contribution in [3.63, 3.8) is 0 Å². The molecule has 0 saturated carbocycles. The van der Waals surface area contributed by atoms with Crippen molar-refractivity contribution in [3.05, 3.63) is 146 Å². The monoisotopic (exact) mass is 538 g/mol. The minimum Gasteiger partial charge on any atom is -0.256 e. The van der Waals surface area contributed by atoms with Crippen molar-refractivity contribution in [1.82, 2.24) is 19.9 Å². The van der Waals surface area contributed by atoms with E-state index >= 15 is 0 Å². The van der Waals surface area contributed by atoms with Gasteiger partial charge in [-0.05, 0) is 45.7 Å². The Hall–Kier alpha value is -5.74. The molecule has 4 nitrogen and oxygen atoms in total. The molecule has 198 valence electrons. The van der Waals surface area contributed by atoms with Crippen molar-refractivity contribution in [2.75, 3.05) is 0 Å². The van der Waals surface area contributed by atoms with Crippen LogP contribution in [0.25, 0.3) is 79.1 Å². The predicted molar refractivity (Wildman–Crippen MR) is 175 cm³/mol. The Morgan fingerprint density at radius 2 is 1.05 bits per heavy atom. The summed E-state index contributed by atoms with van der Waals surface area (Å²) in [6, 6.07) is 39.3. The molecule has 0 atom stereocenters. The first-order valence-electron chi connectivity index (χ1n) is 13.8. The van der Waals surface area contributed by atoms with Gasteiger partial charge in [0.05, 0.1) is 5.52 Å². The van der Waals surface area contributed by atoms with Crippen LogP contribution in [0.3, 0.4) is 0 Å². The van der Waals surface area contributed by atoms with Gasteiger partial charge in [0.1, 0.15) is 0 Å². The van der Waals surface area contributed by atoms with Gasteiger partial charge >= 0.3 is 0 Å². The Balaban J connectivity index is 1.36. The highest BCUT2D eigenvalue weighted by Crippen LogP contribution is 2.31. The number of hydrogen-bond acceptors (Lipinski definition) is 4. The zero-order chi connectivity index (χ0) is 28.5. The highest BCUT2D eigenvalue weighted by molar-refractivity contribution is 5.93. The summed E-state index contributed by atoms with van der Waals surface area (Å²) < 4.78 is 0. The fourth-order valence-electron chi connectivity index (χ4n) is 5.30. The largest absolute Gasteiger partial charge is 0.256 e. The maximum absolute atomic E-state index is 4.96. The number of hydrogen-bond donors (Lipinski definition) is 0. The molecule has 2 aromatic heterocycles. The van der Waals surface area contributed by atoms with Crippen LogP contribution in [0.4, 0.5) is 0 Å². The second kappa shape index (κ2) is 10.7. The van der Waals surface area contributed by atoms with Crippen molar-refractivity contribution < 1.29 is 0 Å². The first kappa shape index (κ1) is 25.2. The number of nitrogens with zero attached hydrogens (tertiary/aromatic N) is 4. The van der Waals surface area contributed by atoms with Crippen molar-refractivity contribution in [1.29, 1.82) is 0 Å². The molecule has 0 aliphatic rings. The third kappa shape index (κ3) is 4.65. The Kier molecular flexibility index (Phi) is 6.42. The van der Waals surface area contributed by atoms with Crippen LogP contribution in [-0.2, 0) is 0 Å². The van der Waals surface area contributed by atoms with Crippen LogP contribution in [0.5, 0.6) is 0 Å². The van der Waals surface area contributed by atoms with E-state index in [0.29, 0.717) is 17.5 Å². The molecule has 42 heavy (non-hydrogen) atoms. The smallest absolute Gasteiger partial charge is 0.164 e. The van der Waals surface area contributed by atoms with Gasteiger partial charge < -0.3 is 0 Å². The molecule has 7 rings (SSSR count). The second-order valence-corrected chi connectivity index (χ2v) is 10.1. The molecular weight excluding hydrogens is 512 g/mol. The van der Waals surface area contributed by atoms with Gasteiger partial charge in [-0.2, -0.15) is 0 Å². The average Bonchev–Trinajstić information content (AvgIpc) is 3.07. The van der Waals surface area contributed by atoms with Gasteiger partial charge in [0.2, 0.25) is 0 Å². The quantitative estimate of drug-likeness (QED) is 0.212. The first-order valence-corrected chi connectivity index (χ1v) is 13.8.